The Kier molecular flexibility index (Phi) is 6.20. The van der Waals surface area contributed by atoms with Crippen molar-refractivity contribution in [3.05, 3.63) is 0 Å². The fraction of sp³-hybridized carbons (Fsp3) is 1.00. The van der Waals surface area contributed by atoms with Crippen molar-refractivity contribution >= 4 is 0 Å². The van der Waals surface area contributed by atoms with E-state index in [4.69, 9.17) is 10.5 Å². The van der Waals surface area contributed by atoms with Crippen LogP contribution in [0.4, 0.5) is 0 Å². The monoisotopic (exact) mass is 199 g/mol. The van der Waals surface area contributed by atoms with Crippen molar-refractivity contribution in [3.8, 4) is 0 Å². The van der Waals surface area contributed by atoms with E-state index in [2.05, 4.69) is 0 Å². The van der Waals surface area contributed by atoms with Gasteiger partial charge in [0.2, 0.25) is 0 Å². The van der Waals surface area contributed by atoms with Crippen LogP contribution in [0.1, 0.15) is 51.9 Å². The van der Waals surface area contributed by atoms with Gasteiger partial charge >= 0.3 is 0 Å². The van der Waals surface area contributed by atoms with Crippen molar-refractivity contribution in [3.63, 3.8) is 0 Å². The van der Waals surface area contributed by atoms with Gasteiger partial charge < -0.3 is 10.5 Å². The SMILES string of the molecule is CCOCC(N)C1CCCCCCC1. The van der Waals surface area contributed by atoms with Gasteiger partial charge in [-0.1, -0.05) is 32.1 Å². The fourth-order valence-electron chi connectivity index (χ4n) is 2.31. The molecule has 0 aliphatic heterocycles. The first-order chi connectivity index (χ1) is 6.84. The Hall–Kier alpha value is -0.0800. The molecule has 0 heterocycles. The highest BCUT2D eigenvalue weighted by molar-refractivity contribution is 4.74. The molecule has 1 aliphatic carbocycles. The third-order valence-corrected chi connectivity index (χ3v) is 3.27. The van der Waals surface area contributed by atoms with Crippen LogP contribution >= 0.6 is 0 Å². The summed E-state index contributed by atoms with van der Waals surface area (Å²) in [6.45, 7) is 3.58. The summed E-state index contributed by atoms with van der Waals surface area (Å²) in [4.78, 5) is 0. The second kappa shape index (κ2) is 7.24. The zero-order valence-corrected chi connectivity index (χ0v) is 9.50. The molecule has 84 valence electrons. The molecule has 2 nitrogen and oxygen atoms in total. The number of rotatable bonds is 4. The van der Waals surface area contributed by atoms with Crippen LogP contribution in [0.5, 0.6) is 0 Å². The molecule has 0 amide bonds. The van der Waals surface area contributed by atoms with Gasteiger partial charge in [0.05, 0.1) is 6.61 Å². The first-order valence-corrected chi connectivity index (χ1v) is 6.18. The lowest BCUT2D eigenvalue weighted by Gasteiger charge is -2.25. The highest BCUT2D eigenvalue weighted by Crippen LogP contribution is 2.24. The van der Waals surface area contributed by atoms with E-state index in [0.29, 0.717) is 5.92 Å². The van der Waals surface area contributed by atoms with Gasteiger partial charge in [-0.2, -0.15) is 0 Å². The molecule has 0 aromatic rings. The molecule has 14 heavy (non-hydrogen) atoms. The lowest BCUT2D eigenvalue weighted by Crippen LogP contribution is -2.35. The molecule has 0 saturated heterocycles. The number of nitrogens with two attached hydrogens (primary N) is 1. The van der Waals surface area contributed by atoms with Crippen molar-refractivity contribution in [2.24, 2.45) is 11.7 Å². The normalized spacial score (nSPS) is 22.7. The maximum absolute atomic E-state index is 6.13. The summed E-state index contributed by atoms with van der Waals surface area (Å²) in [6, 6.07) is 0.271. The van der Waals surface area contributed by atoms with Gasteiger partial charge in [-0.15, -0.1) is 0 Å². The molecule has 0 spiro atoms. The Balaban J connectivity index is 2.23. The van der Waals surface area contributed by atoms with E-state index in [-0.39, 0.29) is 6.04 Å². The van der Waals surface area contributed by atoms with E-state index < -0.39 is 0 Å². The Morgan fingerprint density at radius 1 is 1.14 bits per heavy atom. The second-order valence-corrected chi connectivity index (χ2v) is 4.43. The Bertz CT molecular complexity index is 130. The summed E-state index contributed by atoms with van der Waals surface area (Å²) in [5, 5.41) is 0. The third-order valence-electron chi connectivity index (χ3n) is 3.27. The summed E-state index contributed by atoms with van der Waals surface area (Å²) in [7, 11) is 0. The number of ether oxygens (including phenoxy) is 1. The number of hydrogen-bond donors (Lipinski definition) is 1. The molecule has 0 aromatic carbocycles. The molecular formula is C12H25NO. The largest absolute Gasteiger partial charge is 0.380 e. The maximum atomic E-state index is 6.13. The molecule has 2 heteroatoms. The van der Waals surface area contributed by atoms with Crippen LogP contribution in [0.25, 0.3) is 0 Å². The minimum absolute atomic E-state index is 0.271. The second-order valence-electron chi connectivity index (χ2n) is 4.43. The Labute approximate surface area is 88.2 Å². The van der Waals surface area contributed by atoms with Crippen LogP contribution in [0.15, 0.2) is 0 Å². The first-order valence-electron chi connectivity index (χ1n) is 6.18. The van der Waals surface area contributed by atoms with Crippen molar-refractivity contribution in [2.45, 2.75) is 57.9 Å². The van der Waals surface area contributed by atoms with Gasteiger partial charge in [-0.05, 0) is 25.7 Å². The molecule has 1 unspecified atom stereocenters. The van der Waals surface area contributed by atoms with Gasteiger partial charge in [0.1, 0.15) is 0 Å². The van der Waals surface area contributed by atoms with Crippen LogP contribution in [0.2, 0.25) is 0 Å². The van der Waals surface area contributed by atoms with E-state index in [1.54, 1.807) is 0 Å². The highest BCUT2D eigenvalue weighted by atomic mass is 16.5. The lowest BCUT2D eigenvalue weighted by atomic mass is 9.86. The molecule has 2 N–H and O–H groups in total. The van der Waals surface area contributed by atoms with Crippen molar-refractivity contribution < 1.29 is 4.74 Å². The van der Waals surface area contributed by atoms with E-state index in [1.807, 2.05) is 6.92 Å². The minimum Gasteiger partial charge on any atom is -0.380 e. The average Bonchev–Trinajstić information content (AvgIpc) is 2.13. The molecular weight excluding hydrogens is 174 g/mol. The Morgan fingerprint density at radius 3 is 2.29 bits per heavy atom. The first kappa shape index (κ1) is 12.0. The standard InChI is InChI=1S/C12H25NO/c1-2-14-10-12(13)11-8-6-4-3-5-7-9-11/h11-12H,2-10,13H2,1H3. The van der Waals surface area contributed by atoms with Crippen LogP contribution in [0, 0.1) is 5.92 Å². The van der Waals surface area contributed by atoms with Gasteiger partial charge in [-0.3, -0.25) is 0 Å². The van der Waals surface area contributed by atoms with E-state index in [1.165, 1.54) is 44.9 Å². The van der Waals surface area contributed by atoms with Crippen molar-refractivity contribution in [1.82, 2.24) is 0 Å². The van der Waals surface area contributed by atoms with Gasteiger partial charge in [-0.25, -0.2) is 0 Å². The molecule has 0 aromatic heterocycles. The quantitative estimate of drug-likeness (QED) is 0.755. The summed E-state index contributed by atoms with van der Waals surface area (Å²) < 4.78 is 5.40. The molecule has 1 rings (SSSR count). The minimum atomic E-state index is 0.271. The molecule has 1 aliphatic rings. The predicted molar refractivity (Wildman–Crippen MR) is 60.3 cm³/mol. The molecule has 1 atom stereocenters. The van der Waals surface area contributed by atoms with E-state index in [9.17, 15) is 0 Å². The van der Waals surface area contributed by atoms with Gasteiger partial charge in [0.15, 0.2) is 0 Å². The number of hydrogen-bond acceptors (Lipinski definition) is 2. The maximum Gasteiger partial charge on any atom is 0.0620 e. The summed E-state index contributed by atoms with van der Waals surface area (Å²) >= 11 is 0. The van der Waals surface area contributed by atoms with Gasteiger partial charge in [0, 0.05) is 12.6 Å². The van der Waals surface area contributed by atoms with Crippen molar-refractivity contribution in [1.29, 1.82) is 0 Å². The smallest absolute Gasteiger partial charge is 0.0620 e. The summed E-state index contributed by atoms with van der Waals surface area (Å²) in [5.74, 6) is 0.710. The third kappa shape index (κ3) is 4.43. The van der Waals surface area contributed by atoms with E-state index >= 15 is 0 Å². The molecule has 1 saturated carbocycles. The highest BCUT2D eigenvalue weighted by Gasteiger charge is 2.18. The van der Waals surface area contributed by atoms with Crippen molar-refractivity contribution in [2.75, 3.05) is 13.2 Å². The summed E-state index contributed by atoms with van der Waals surface area (Å²) in [5.41, 5.74) is 6.13. The van der Waals surface area contributed by atoms with Gasteiger partial charge in [0.25, 0.3) is 0 Å². The van der Waals surface area contributed by atoms with Crippen LogP contribution < -0.4 is 5.73 Å². The predicted octanol–water partition coefficient (Wildman–Crippen LogP) is 2.71. The van der Waals surface area contributed by atoms with Crippen LogP contribution in [-0.4, -0.2) is 19.3 Å². The Morgan fingerprint density at radius 2 is 1.71 bits per heavy atom. The average molecular weight is 199 g/mol. The lowest BCUT2D eigenvalue weighted by molar-refractivity contribution is 0.110. The van der Waals surface area contributed by atoms with E-state index in [0.717, 1.165) is 13.2 Å². The topological polar surface area (TPSA) is 35.2 Å². The zero-order valence-electron chi connectivity index (χ0n) is 9.50. The fourth-order valence-corrected chi connectivity index (χ4v) is 2.31. The van der Waals surface area contributed by atoms with Crippen LogP contribution in [0.3, 0.4) is 0 Å². The van der Waals surface area contributed by atoms with Crippen LogP contribution in [-0.2, 0) is 4.74 Å². The molecule has 0 radical (unpaired) electrons. The molecule has 1 fully saturated rings. The molecule has 0 bridgehead atoms. The summed E-state index contributed by atoms with van der Waals surface area (Å²) in [6.07, 6.45) is 9.58. The zero-order chi connectivity index (χ0) is 10.2.